The molecular weight excluding hydrogens is 497 g/mol. The van der Waals surface area contributed by atoms with Gasteiger partial charge < -0.3 is 9.64 Å². The molecule has 2 atom stereocenters. The monoisotopic (exact) mass is 521 g/mol. The van der Waals surface area contributed by atoms with Crippen LogP contribution < -0.4 is 0 Å². The van der Waals surface area contributed by atoms with Crippen LogP contribution in [0.5, 0.6) is 0 Å². The Kier molecular flexibility index (Phi) is 8.11. The molecule has 2 aromatic carbocycles. The molecule has 5 nitrogen and oxygen atoms in total. The van der Waals surface area contributed by atoms with Gasteiger partial charge in [-0.1, -0.05) is 33.6 Å². The van der Waals surface area contributed by atoms with Gasteiger partial charge in [0.1, 0.15) is 18.5 Å². The summed E-state index contributed by atoms with van der Waals surface area (Å²) in [5.41, 5.74) is 4.56. The molecule has 0 aliphatic carbocycles. The summed E-state index contributed by atoms with van der Waals surface area (Å²) in [4.78, 5) is 38.8. The number of benzene rings is 2. The number of aryl methyl sites for hydroxylation is 3. The van der Waals surface area contributed by atoms with Gasteiger partial charge in [-0.15, -0.1) is 11.8 Å². The summed E-state index contributed by atoms with van der Waals surface area (Å²) in [6.45, 7) is 6.15. The number of carbonyl (C=O) groups excluding carboxylic acids is 3. The molecule has 1 amide bonds. The summed E-state index contributed by atoms with van der Waals surface area (Å²) in [5.74, 6) is -0.679. The maximum Gasteiger partial charge on any atom is 0.330 e. The van der Waals surface area contributed by atoms with Crippen LogP contribution in [-0.4, -0.2) is 45.1 Å². The minimum absolute atomic E-state index is 0.100. The van der Waals surface area contributed by atoms with Crippen LogP contribution in [0.1, 0.15) is 39.0 Å². The van der Waals surface area contributed by atoms with E-state index in [1.165, 1.54) is 40.9 Å². The average Bonchev–Trinajstić information content (AvgIpc) is 3.23. The number of halogens is 2. The third-order valence-corrected chi connectivity index (χ3v) is 7.19. The number of thioether (sulfide) groups is 1. The molecule has 1 heterocycles. The minimum Gasteiger partial charge on any atom is -0.459 e. The number of rotatable bonds is 7. The molecule has 1 fully saturated rings. The number of alkyl halides is 1. The van der Waals surface area contributed by atoms with E-state index in [1.807, 2.05) is 32.9 Å². The largest absolute Gasteiger partial charge is 0.459 e. The van der Waals surface area contributed by atoms with Gasteiger partial charge in [0.05, 0.1) is 10.7 Å². The molecule has 170 valence electrons. The van der Waals surface area contributed by atoms with E-state index in [0.29, 0.717) is 17.2 Å². The topological polar surface area (TPSA) is 63.7 Å². The van der Waals surface area contributed by atoms with Crippen LogP contribution in [0, 0.1) is 26.6 Å². The van der Waals surface area contributed by atoms with Crippen molar-refractivity contribution in [1.82, 2.24) is 4.90 Å². The second kappa shape index (κ2) is 10.6. The number of ether oxygens (including phenoxy) is 1. The maximum absolute atomic E-state index is 13.1. The number of amides is 1. The number of hydrogen-bond donors (Lipinski definition) is 0. The van der Waals surface area contributed by atoms with E-state index in [9.17, 15) is 18.8 Å². The van der Waals surface area contributed by atoms with Crippen molar-refractivity contribution < 1.29 is 23.5 Å². The van der Waals surface area contributed by atoms with Gasteiger partial charge in [-0.25, -0.2) is 9.18 Å². The highest BCUT2D eigenvalue weighted by Crippen LogP contribution is 2.26. The molecule has 0 aromatic heterocycles. The van der Waals surface area contributed by atoms with Crippen molar-refractivity contribution in [3.63, 3.8) is 0 Å². The molecule has 0 saturated carbocycles. The number of Topliss-reactive ketones (excluding diaryl/α,β-unsaturated/α-hetero) is 1. The Morgan fingerprint density at radius 2 is 1.78 bits per heavy atom. The third-order valence-electron chi connectivity index (χ3n) is 5.44. The summed E-state index contributed by atoms with van der Waals surface area (Å²) in [7, 11) is 0. The van der Waals surface area contributed by atoms with Gasteiger partial charge in [0.2, 0.25) is 5.91 Å². The lowest BCUT2D eigenvalue weighted by Crippen LogP contribution is -2.43. The van der Waals surface area contributed by atoms with E-state index in [-0.39, 0.29) is 24.7 Å². The molecule has 8 heteroatoms. The smallest absolute Gasteiger partial charge is 0.330 e. The van der Waals surface area contributed by atoms with Crippen LogP contribution in [0.4, 0.5) is 4.39 Å². The average molecular weight is 522 g/mol. The van der Waals surface area contributed by atoms with Gasteiger partial charge in [0.15, 0.2) is 5.78 Å². The SMILES string of the molecule is Cc1cc(C)c(COC(=O)C2CSCN2C(=O)CC(Br)C(=O)c2ccc(F)cc2)c(C)c1. The lowest BCUT2D eigenvalue weighted by atomic mass is 10.0. The standard InChI is InChI=1S/C24H25BrFNO4S/c1-14-8-15(2)19(16(3)9-14)11-31-24(30)21-12-32-13-27(21)22(28)10-20(25)23(29)17-4-6-18(26)7-5-17/h4-9,20-21H,10-13H2,1-3H3. The van der Waals surface area contributed by atoms with Crippen molar-refractivity contribution in [3.8, 4) is 0 Å². The fraction of sp³-hybridized carbons (Fsp3) is 0.375. The van der Waals surface area contributed by atoms with Crippen LogP contribution in [-0.2, 0) is 20.9 Å². The first-order chi connectivity index (χ1) is 15.2. The molecule has 32 heavy (non-hydrogen) atoms. The fourth-order valence-electron chi connectivity index (χ4n) is 3.72. The molecule has 1 aliphatic heterocycles. The van der Waals surface area contributed by atoms with Gasteiger partial charge in [0, 0.05) is 17.7 Å². The normalized spacial score (nSPS) is 16.7. The van der Waals surface area contributed by atoms with Crippen LogP contribution >= 0.6 is 27.7 Å². The molecule has 3 rings (SSSR count). The van der Waals surface area contributed by atoms with Crippen molar-refractivity contribution in [1.29, 1.82) is 0 Å². The Labute approximate surface area is 199 Å². The summed E-state index contributed by atoms with van der Waals surface area (Å²) in [6, 6.07) is 8.59. The van der Waals surface area contributed by atoms with Crippen molar-refractivity contribution in [3.05, 3.63) is 70.0 Å². The lowest BCUT2D eigenvalue weighted by molar-refractivity contribution is -0.154. The number of ketones is 1. The number of hydrogen-bond acceptors (Lipinski definition) is 5. The van der Waals surface area contributed by atoms with Crippen molar-refractivity contribution in [2.24, 2.45) is 0 Å². The Bertz CT molecular complexity index is 1000. The van der Waals surface area contributed by atoms with Crippen molar-refractivity contribution >= 4 is 45.4 Å². The zero-order valence-electron chi connectivity index (χ0n) is 18.2. The van der Waals surface area contributed by atoms with Crippen molar-refractivity contribution in [2.75, 3.05) is 11.6 Å². The molecule has 0 N–H and O–H groups in total. The Hall–Kier alpha value is -2.19. The zero-order chi connectivity index (χ0) is 23.4. The van der Waals surface area contributed by atoms with E-state index >= 15 is 0 Å². The van der Waals surface area contributed by atoms with Gasteiger partial charge in [-0.05, 0) is 61.7 Å². The Morgan fingerprint density at radius 3 is 2.41 bits per heavy atom. The predicted octanol–water partition coefficient (Wildman–Crippen LogP) is 4.73. The van der Waals surface area contributed by atoms with Crippen LogP contribution in [0.2, 0.25) is 0 Å². The van der Waals surface area contributed by atoms with E-state index in [1.54, 1.807) is 0 Å². The Balaban J connectivity index is 1.60. The molecule has 0 bridgehead atoms. The quantitative estimate of drug-likeness (QED) is 0.299. The molecule has 1 aliphatic rings. The molecular formula is C24H25BrFNO4S. The van der Waals surface area contributed by atoms with Crippen LogP contribution in [0.15, 0.2) is 36.4 Å². The van der Waals surface area contributed by atoms with Gasteiger partial charge in [-0.3, -0.25) is 9.59 Å². The van der Waals surface area contributed by atoms with Gasteiger partial charge in [0.25, 0.3) is 0 Å². The number of esters is 1. The van der Waals surface area contributed by atoms with E-state index < -0.39 is 22.7 Å². The Morgan fingerprint density at radius 1 is 1.16 bits per heavy atom. The predicted molar refractivity (Wildman–Crippen MR) is 126 cm³/mol. The highest BCUT2D eigenvalue weighted by Gasteiger charge is 2.37. The summed E-state index contributed by atoms with van der Waals surface area (Å²) in [6.07, 6.45) is -0.100. The van der Waals surface area contributed by atoms with Crippen LogP contribution in [0.3, 0.4) is 0 Å². The fourth-order valence-corrected chi connectivity index (χ4v) is 5.43. The number of nitrogens with zero attached hydrogens (tertiary/aromatic N) is 1. The number of carbonyl (C=O) groups is 3. The molecule has 1 saturated heterocycles. The highest BCUT2D eigenvalue weighted by molar-refractivity contribution is 9.10. The summed E-state index contributed by atoms with van der Waals surface area (Å²) in [5, 5.41) is 0. The summed E-state index contributed by atoms with van der Waals surface area (Å²) >= 11 is 4.75. The molecule has 2 aromatic rings. The van der Waals surface area contributed by atoms with E-state index in [0.717, 1.165) is 22.3 Å². The molecule has 2 unspecified atom stereocenters. The minimum atomic E-state index is -0.763. The lowest BCUT2D eigenvalue weighted by Gasteiger charge is -2.23. The first-order valence-electron chi connectivity index (χ1n) is 10.2. The van der Waals surface area contributed by atoms with Crippen LogP contribution in [0.25, 0.3) is 0 Å². The second-order valence-corrected chi connectivity index (χ2v) is 10.0. The highest BCUT2D eigenvalue weighted by atomic mass is 79.9. The maximum atomic E-state index is 13.1. The van der Waals surface area contributed by atoms with E-state index in [2.05, 4.69) is 15.9 Å². The molecule has 0 spiro atoms. The third kappa shape index (κ3) is 5.78. The van der Waals surface area contributed by atoms with Gasteiger partial charge >= 0.3 is 5.97 Å². The second-order valence-electron chi connectivity index (χ2n) is 7.91. The summed E-state index contributed by atoms with van der Waals surface area (Å²) < 4.78 is 18.7. The van der Waals surface area contributed by atoms with Gasteiger partial charge in [-0.2, -0.15) is 0 Å². The molecule has 0 radical (unpaired) electrons. The zero-order valence-corrected chi connectivity index (χ0v) is 20.6. The first-order valence-corrected chi connectivity index (χ1v) is 12.3. The van der Waals surface area contributed by atoms with E-state index in [4.69, 9.17) is 4.74 Å². The first kappa shape index (κ1) is 24.5. The van der Waals surface area contributed by atoms with Crippen molar-refractivity contribution in [2.45, 2.75) is 44.7 Å².